The molecule has 122 heavy (non-hydrogen) atoms. The topological polar surface area (TPSA) is 338 Å². The van der Waals surface area contributed by atoms with E-state index >= 15 is 0 Å². The lowest BCUT2D eigenvalue weighted by Crippen LogP contribution is -2.33. The van der Waals surface area contributed by atoms with E-state index in [1.165, 1.54) is 95.1 Å². The van der Waals surface area contributed by atoms with Crippen LogP contribution in [-0.2, 0) is 39.0 Å². The van der Waals surface area contributed by atoms with Crippen LogP contribution in [0.3, 0.4) is 0 Å². The Kier molecular flexibility index (Phi) is 25.1. The summed E-state index contributed by atoms with van der Waals surface area (Å²) in [6.45, 7) is -2.68. The summed E-state index contributed by atoms with van der Waals surface area (Å²) < 4.78 is 130. The number of nitrogens with zero attached hydrogens (tertiary/aromatic N) is 20. The Bertz CT molecular complexity index is 6270. The fourth-order valence-corrected chi connectivity index (χ4v) is 14.1. The molecule has 1 saturated carbocycles. The van der Waals surface area contributed by atoms with Crippen LogP contribution in [0.1, 0.15) is 68.7 Å². The lowest BCUT2D eigenvalue weighted by molar-refractivity contribution is -0.0501. The Hall–Kier alpha value is -14.3. The maximum Gasteiger partial charge on any atom is 0.387 e. The summed E-state index contributed by atoms with van der Waals surface area (Å²) in [7, 11) is 9.19. The van der Waals surface area contributed by atoms with E-state index in [4.69, 9.17) is 33.2 Å². The van der Waals surface area contributed by atoms with Crippen molar-refractivity contribution in [3.63, 3.8) is 0 Å². The van der Waals surface area contributed by atoms with Crippen LogP contribution < -0.4 is 44.4 Å². The molecular formula is C82H76BrF6N23O10. The van der Waals surface area contributed by atoms with E-state index in [1.54, 1.807) is 141 Å². The normalized spacial score (nSPS) is 14.3. The molecule has 1 aliphatic carbocycles. The van der Waals surface area contributed by atoms with Gasteiger partial charge in [-0.1, -0.05) is 41.1 Å². The fraction of sp³-hybridized carbons (Fsp3) is 0.244. The number of aryl methyl sites for hydroxylation is 5. The van der Waals surface area contributed by atoms with Crippen molar-refractivity contribution in [2.75, 3.05) is 42.0 Å². The van der Waals surface area contributed by atoms with Crippen LogP contribution in [0.4, 0.5) is 43.4 Å². The van der Waals surface area contributed by atoms with E-state index in [0.717, 1.165) is 48.8 Å². The van der Waals surface area contributed by atoms with E-state index in [-0.39, 0.29) is 90.9 Å². The molecule has 1 saturated heterocycles. The molecule has 3 atom stereocenters. The second kappa shape index (κ2) is 36.9. The number of amides is 3. The molecular weight excluding hydrogens is 1660 g/mol. The monoisotopic (exact) mass is 1740 g/mol. The lowest BCUT2D eigenvalue weighted by Gasteiger charge is -2.34. The van der Waals surface area contributed by atoms with Gasteiger partial charge in [0.25, 0.3) is 17.7 Å². The van der Waals surface area contributed by atoms with Crippen molar-refractivity contribution >= 4 is 73.2 Å². The lowest BCUT2D eigenvalue weighted by atomic mass is 9.79. The molecule has 4 aromatic carbocycles. The van der Waals surface area contributed by atoms with Gasteiger partial charge in [-0.3, -0.25) is 37.8 Å². The van der Waals surface area contributed by atoms with E-state index < -0.39 is 37.6 Å². The zero-order valence-corrected chi connectivity index (χ0v) is 67.3. The minimum Gasteiger partial charge on any atom is -0.457 e. The number of epoxide rings is 1. The average Bonchev–Trinajstić information content (AvgIpc) is 1.56. The van der Waals surface area contributed by atoms with Crippen LogP contribution in [-0.4, -0.2) is 173 Å². The van der Waals surface area contributed by atoms with Crippen LogP contribution >= 0.6 is 15.9 Å². The van der Waals surface area contributed by atoms with Gasteiger partial charge in [0.1, 0.15) is 74.0 Å². The van der Waals surface area contributed by atoms with E-state index in [1.807, 2.05) is 24.3 Å². The Morgan fingerprint density at radius 2 is 0.918 bits per heavy atom. The predicted octanol–water partition coefficient (Wildman–Crippen LogP) is 15.0. The van der Waals surface area contributed by atoms with Crippen LogP contribution in [0.25, 0.3) is 56.3 Å². The molecule has 1 aliphatic heterocycles. The number of aromatic nitrogens is 19. The zero-order valence-electron chi connectivity index (χ0n) is 65.7. The van der Waals surface area contributed by atoms with Gasteiger partial charge >= 0.3 is 19.8 Å². The quantitative estimate of drug-likeness (QED) is 0.0223. The molecule has 15 aromatic rings. The van der Waals surface area contributed by atoms with Gasteiger partial charge in [-0.2, -0.15) is 67.1 Å². The van der Waals surface area contributed by atoms with Crippen molar-refractivity contribution in [3.05, 3.63) is 225 Å². The molecule has 628 valence electrons. The molecule has 11 aromatic heterocycles. The van der Waals surface area contributed by atoms with Crippen molar-refractivity contribution in [2.45, 2.75) is 77.2 Å². The number of alkyl halides is 7. The molecule has 40 heteroatoms. The first-order valence-electron chi connectivity index (χ1n) is 37.9. The largest absolute Gasteiger partial charge is 0.457 e. The highest BCUT2D eigenvalue weighted by atomic mass is 79.9. The van der Waals surface area contributed by atoms with Gasteiger partial charge in [0.2, 0.25) is 0 Å². The summed E-state index contributed by atoms with van der Waals surface area (Å²) in [4.78, 5) is 54.4. The molecule has 2 aliphatic rings. The number of carbonyl (C=O) groups excluding carboxylic acids is 3. The Morgan fingerprint density at radius 1 is 0.516 bits per heavy atom. The molecule has 33 nitrogen and oxygen atoms in total. The molecule has 12 heterocycles. The number of hydrogen-bond donors (Lipinski definition) is 3. The molecule has 3 N–H and O–H groups in total. The van der Waals surface area contributed by atoms with Crippen molar-refractivity contribution in [1.82, 2.24) is 97.6 Å². The summed E-state index contributed by atoms with van der Waals surface area (Å²) in [5, 5.41) is 43.3. The molecule has 2 fully saturated rings. The van der Waals surface area contributed by atoms with Crippen molar-refractivity contribution < 1.29 is 73.9 Å². The number of rotatable bonds is 29. The van der Waals surface area contributed by atoms with Crippen LogP contribution in [0, 0.1) is 5.92 Å². The number of carbonyl (C=O) groups is 3. The second-order valence-electron chi connectivity index (χ2n) is 28.2. The number of hydrogen-bond acceptors (Lipinski definition) is 22. The van der Waals surface area contributed by atoms with Crippen LogP contribution in [0.2, 0.25) is 0 Å². The number of ether oxygens (including phenoxy) is 7. The van der Waals surface area contributed by atoms with Gasteiger partial charge in [0.15, 0.2) is 28.4 Å². The van der Waals surface area contributed by atoms with Crippen LogP contribution in [0.5, 0.6) is 51.7 Å². The highest BCUT2D eigenvalue weighted by Crippen LogP contribution is 2.44. The van der Waals surface area contributed by atoms with Gasteiger partial charge in [0.05, 0.1) is 96.4 Å². The Morgan fingerprint density at radius 3 is 1.31 bits per heavy atom. The third-order valence-corrected chi connectivity index (χ3v) is 19.8. The smallest absolute Gasteiger partial charge is 0.387 e. The molecule has 17 rings (SSSR count). The van der Waals surface area contributed by atoms with Crippen molar-refractivity contribution in [2.24, 2.45) is 27.1 Å². The first kappa shape index (κ1) is 82.8. The summed E-state index contributed by atoms with van der Waals surface area (Å²) in [6, 6.07) is 26.6. The van der Waals surface area contributed by atoms with Gasteiger partial charge in [-0.05, 0) is 142 Å². The molecule has 0 bridgehead atoms. The number of halogens is 7. The first-order chi connectivity index (χ1) is 59.0. The standard InChI is InChI=1S/C34H35F2N7O3.C25H22F2N8O4.C23H19BrF2N8O3/c1-21(22-8-5-10-24(16-22)41(2)3)23-9-6-11-25(17-23)45-26-12-13-30(46-34(35)36)27(18-26)31-29(20-42(4)40-31)39-33(44)28-19-38-43-15-7-14-37-32(28)43;1-33-13-20(31-24(36)19-11-30-35-7-2-6-28-23(19)35)22(32-33)18-9-15(3-4-21(18)39-25(26)27)38-17-10-29-34(12-17)8-5-16-14-37-16;1-32-13-18(30-22(35)17-11-29-34-7-2-6-27-21(17)34)20(31-32)16-9-14(3-4-19(16)37-23(25)26)36-15-10-28-33(12-15)8-5-24/h6-7,9,11-15,17-20,22,24,34H,1,5,8,10,16H2,2-4H3,(H,39,44);2-4,6-7,9-13,16,25H,5,8,14H2,1H3,(H,31,36);2-4,6-7,9-13,23H,5,8H2,1H3,(H,30,35)/t22?,24-;;/m1../s1. The van der Waals surface area contributed by atoms with Gasteiger partial charge in [-0.25, -0.2) is 28.5 Å². The second-order valence-corrected chi connectivity index (χ2v) is 28.9. The Labute approximate surface area is 698 Å². The van der Waals surface area contributed by atoms with Gasteiger partial charge < -0.3 is 54.0 Å². The maximum absolute atomic E-state index is 13.5. The molecule has 0 radical (unpaired) electrons. The summed E-state index contributed by atoms with van der Waals surface area (Å²) >= 11 is 3.35. The molecule has 3 amide bonds. The zero-order chi connectivity index (χ0) is 85.2. The van der Waals surface area contributed by atoms with Gasteiger partial charge in [0, 0.05) is 94.8 Å². The van der Waals surface area contributed by atoms with E-state index in [0.29, 0.717) is 76.5 Å². The number of benzene rings is 4. The van der Waals surface area contributed by atoms with Gasteiger partial charge in [-0.15, -0.1) is 0 Å². The minimum absolute atomic E-state index is 0.121. The molecule has 2 unspecified atom stereocenters. The highest BCUT2D eigenvalue weighted by molar-refractivity contribution is 9.09. The Balaban J connectivity index is 0.000000143. The van der Waals surface area contributed by atoms with Crippen LogP contribution in [0.15, 0.2) is 203 Å². The summed E-state index contributed by atoms with van der Waals surface area (Å²) in [6.07, 6.45) is 30.7. The van der Waals surface area contributed by atoms with E-state index in [9.17, 15) is 40.7 Å². The SMILES string of the molecule is C=C(c1cccc(Oc2ccc(OC(F)F)c(-c3nn(C)cc3NC(=O)c3cnn4cccnc34)c2)c1)C1CCC[C@@H](N(C)C)C1.Cn1cc(NC(=O)c2cnn3cccnc23)c(-c2cc(Oc3cnn(CCBr)c3)ccc2OC(F)F)n1.Cn1cc(NC(=O)c2cnn3cccnc23)c(-c2cc(Oc3cnn(CCC4CO4)c3)ccc2OC(F)F)n1. The fourth-order valence-electron chi connectivity index (χ4n) is 13.7. The minimum atomic E-state index is -3.08. The number of nitrogens with one attached hydrogen (secondary N) is 3. The van der Waals surface area contributed by atoms with Crippen molar-refractivity contribution in [3.8, 4) is 85.5 Å². The third kappa shape index (κ3) is 19.8. The summed E-state index contributed by atoms with van der Waals surface area (Å²) in [5.74, 6) is 1.06. The van der Waals surface area contributed by atoms with E-state index in [2.05, 4.69) is 113 Å². The molecule has 0 spiro atoms. The number of allylic oxidation sites excluding steroid dienone is 1. The predicted molar refractivity (Wildman–Crippen MR) is 436 cm³/mol. The number of anilines is 3. The number of fused-ring (bicyclic) bond motifs is 3. The highest BCUT2D eigenvalue weighted by Gasteiger charge is 2.30. The first-order valence-corrected chi connectivity index (χ1v) is 39.0. The summed E-state index contributed by atoms with van der Waals surface area (Å²) in [5.41, 5.74) is 5.92. The van der Waals surface area contributed by atoms with Crippen molar-refractivity contribution in [1.29, 1.82) is 0 Å². The average molecular weight is 1740 g/mol. The third-order valence-electron chi connectivity index (χ3n) is 19.5. The maximum atomic E-state index is 13.5.